The zero-order valence-electron chi connectivity index (χ0n) is 15.4. The van der Waals surface area contributed by atoms with Crippen LogP contribution < -0.4 is 0 Å². The van der Waals surface area contributed by atoms with Crippen molar-refractivity contribution in [2.24, 2.45) is 0 Å². The van der Waals surface area contributed by atoms with Gasteiger partial charge in [0.05, 0.1) is 11.1 Å². The zero-order chi connectivity index (χ0) is 19.0. The summed E-state index contributed by atoms with van der Waals surface area (Å²) >= 11 is 6.65. The lowest BCUT2D eigenvalue weighted by molar-refractivity contribution is -0.121. The normalized spacial score (nSPS) is 16.3. The molecule has 136 valence electrons. The Hall–Kier alpha value is -2.12. The second-order valence-corrected chi connectivity index (χ2v) is 8.15. The van der Waals surface area contributed by atoms with Crippen LogP contribution in [0.3, 0.4) is 0 Å². The van der Waals surface area contributed by atoms with Gasteiger partial charge in [0.25, 0.3) is 5.91 Å². The second kappa shape index (κ2) is 7.25. The van der Waals surface area contributed by atoms with Crippen LogP contribution in [-0.4, -0.2) is 36.0 Å². The summed E-state index contributed by atoms with van der Waals surface area (Å²) in [6, 6.07) is 4.36. The summed E-state index contributed by atoms with van der Waals surface area (Å²) < 4.78 is 4.74. The topological polar surface area (TPSA) is 43.1 Å². The molecule has 1 aliphatic heterocycles. The molecule has 1 fully saturated rings. The van der Waals surface area contributed by atoms with Gasteiger partial charge in [-0.25, -0.2) is 4.68 Å². The molecule has 2 aromatic heterocycles. The van der Waals surface area contributed by atoms with Gasteiger partial charge >= 0.3 is 0 Å². The van der Waals surface area contributed by atoms with E-state index in [4.69, 9.17) is 12.2 Å². The van der Waals surface area contributed by atoms with Gasteiger partial charge in [0.15, 0.2) is 0 Å². The van der Waals surface area contributed by atoms with Crippen molar-refractivity contribution in [3.63, 3.8) is 0 Å². The minimum atomic E-state index is -0.0584. The van der Waals surface area contributed by atoms with Crippen molar-refractivity contribution in [1.82, 2.24) is 19.2 Å². The maximum atomic E-state index is 12.6. The van der Waals surface area contributed by atoms with E-state index in [0.29, 0.717) is 15.8 Å². The Bertz CT molecular complexity index is 920. The predicted octanol–water partition coefficient (Wildman–Crippen LogP) is 4.26. The molecule has 0 aromatic carbocycles. The van der Waals surface area contributed by atoms with Gasteiger partial charge in [-0.05, 0) is 45.4 Å². The second-order valence-electron chi connectivity index (χ2n) is 6.47. The number of hydrogen-bond donors (Lipinski definition) is 0. The summed E-state index contributed by atoms with van der Waals surface area (Å²) in [5.74, 6) is 0.964. The first-order valence-corrected chi connectivity index (χ1v) is 9.66. The number of aryl methyl sites for hydroxylation is 1. The van der Waals surface area contributed by atoms with Crippen molar-refractivity contribution in [1.29, 1.82) is 0 Å². The van der Waals surface area contributed by atoms with Crippen molar-refractivity contribution < 1.29 is 4.79 Å². The molecule has 3 heterocycles. The third-order valence-electron chi connectivity index (χ3n) is 4.31. The molecule has 1 aliphatic rings. The van der Waals surface area contributed by atoms with E-state index in [1.165, 1.54) is 11.8 Å². The molecule has 0 unspecified atom stereocenters. The molecular weight excluding hydrogens is 364 g/mol. The van der Waals surface area contributed by atoms with Crippen LogP contribution in [0.25, 0.3) is 11.9 Å². The fraction of sp³-hybridized carbons (Fsp3) is 0.316. The first-order valence-electron chi connectivity index (χ1n) is 8.44. The van der Waals surface area contributed by atoms with E-state index in [1.807, 2.05) is 23.0 Å². The largest absolute Gasteiger partial charge is 0.303 e. The van der Waals surface area contributed by atoms with Gasteiger partial charge in [0.2, 0.25) is 0 Å². The summed E-state index contributed by atoms with van der Waals surface area (Å²) in [4.78, 5) is 14.8. The molecule has 0 aliphatic carbocycles. The van der Waals surface area contributed by atoms with Gasteiger partial charge in [-0.1, -0.05) is 30.1 Å². The summed E-state index contributed by atoms with van der Waals surface area (Å²) in [5, 5.41) is 4.43. The number of aromatic nitrogens is 3. The van der Waals surface area contributed by atoms with Crippen LogP contribution in [0.4, 0.5) is 0 Å². The highest BCUT2D eigenvalue weighted by Crippen LogP contribution is 2.34. The van der Waals surface area contributed by atoms with E-state index in [-0.39, 0.29) is 11.9 Å². The van der Waals surface area contributed by atoms with Gasteiger partial charge in [0.1, 0.15) is 10.1 Å². The SMILES string of the molecule is C=CCN1C(=O)/C(=C/c2cc(C)n(-c3ccnn3C(C)C)c2C)SC1=S. The van der Waals surface area contributed by atoms with E-state index in [0.717, 1.165) is 22.8 Å². The third kappa shape index (κ3) is 3.17. The van der Waals surface area contributed by atoms with Gasteiger partial charge in [-0.15, -0.1) is 6.58 Å². The number of hydrogen-bond acceptors (Lipinski definition) is 4. The number of amides is 1. The molecule has 5 nitrogen and oxygen atoms in total. The van der Waals surface area contributed by atoms with Gasteiger partial charge in [-0.2, -0.15) is 5.10 Å². The third-order valence-corrected chi connectivity index (χ3v) is 5.69. The van der Waals surface area contributed by atoms with Gasteiger partial charge < -0.3 is 4.57 Å². The monoisotopic (exact) mass is 386 g/mol. The lowest BCUT2D eigenvalue weighted by Gasteiger charge is -2.15. The summed E-state index contributed by atoms with van der Waals surface area (Å²) in [5.41, 5.74) is 3.18. The highest BCUT2D eigenvalue weighted by molar-refractivity contribution is 8.26. The Morgan fingerprint density at radius 1 is 1.38 bits per heavy atom. The number of thioether (sulfide) groups is 1. The van der Waals surface area contributed by atoms with E-state index in [9.17, 15) is 4.79 Å². The van der Waals surface area contributed by atoms with Crippen LogP contribution in [0, 0.1) is 13.8 Å². The smallest absolute Gasteiger partial charge is 0.266 e. The number of nitrogens with zero attached hydrogens (tertiary/aromatic N) is 4. The molecule has 0 bridgehead atoms. The van der Waals surface area contributed by atoms with Gasteiger partial charge in [0, 0.05) is 30.0 Å². The minimum Gasteiger partial charge on any atom is -0.303 e. The van der Waals surface area contributed by atoms with E-state index >= 15 is 0 Å². The molecule has 0 atom stereocenters. The Morgan fingerprint density at radius 2 is 2.12 bits per heavy atom. The molecule has 26 heavy (non-hydrogen) atoms. The Balaban J connectivity index is 2.02. The first-order chi connectivity index (χ1) is 12.3. The maximum Gasteiger partial charge on any atom is 0.266 e. The number of carbonyl (C=O) groups is 1. The Kier molecular flexibility index (Phi) is 5.20. The fourth-order valence-electron chi connectivity index (χ4n) is 3.10. The van der Waals surface area contributed by atoms with E-state index in [1.54, 1.807) is 11.0 Å². The lowest BCUT2D eigenvalue weighted by atomic mass is 10.2. The average Bonchev–Trinajstić information content (AvgIpc) is 3.22. The molecule has 3 rings (SSSR count). The molecule has 0 radical (unpaired) electrons. The molecule has 0 saturated carbocycles. The molecule has 1 saturated heterocycles. The Labute approximate surface area is 163 Å². The van der Waals surface area contributed by atoms with Crippen LogP contribution in [-0.2, 0) is 4.79 Å². The molecule has 7 heteroatoms. The minimum absolute atomic E-state index is 0.0584. The summed E-state index contributed by atoms with van der Waals surface area (Å²) in [7, 11) is 0. The van der Waals surface area contributed by atoms with Crippen molar-refractivity contribution in [3.05, 3.63) is 52.8 Å². The van der Waals surface area contributed by atoms with Crippen LogP contribution >= 0.6 is 24.0 Å². The van der Waals surface area contributed by atoms with Crippen molar-refractivity contribution in [3.8, 4) is 5.82 Å². The fourth-order valence-corrected chi connectivity index (χ4v) is 4.36. The lowest BCUT2D eigenvalue weighted by Crippen LogP contribution is -2.27. The van der Waals surface area contributed by atoms with Gasteiger partial charge in [-0.3, -0.25) is 9.69 Å². The summed E-state index contributed by atoms with van der Waals surface area (Å²) in [6.07, 6.45) is 5.43. The zero-order valence-corrected chi connectivity index (χ0v) is 17.0. The van der Waals surface area contributed by atoms with Crippen LogP contribution in [0.2, 0.25) is 0 Å². The first kappa shape index (κ1) is 18.7. The Morgan fingerprint density at radius 3 is 2.77 bits per heavy atom. The number of rotatable bonds is 5. The highest BCUT2D eigenvalue weighted by atomic mass is 32.2. The van der Waals surface area contributed by atoms with Crippen LogP contribution in [0.1, 0.15) is 36.8 Å². The molecule has 0 spiro atoms. The maximum absolute atomic E-state index is 12.6. The molecular formula is C19H22N4OS2. The molecule has 0 N–H and O–H groups in total. The predicted molar refractivity (Wildman–Crippen MR) is 111 cm³/mol. The van der Waals surface area contributed by atoms with E-state index < -0.39 is 0 Å². The average molecular weight is 387 g/mol. The van der Waals surface area contributed by atoms with Crippen molar-refractivity contribution in [2.45, 2.75) is 33.7 Å². The highest BCUT2D eigenvalue weighted by Gasteiger charge is 2.31. The number of thiocarbonyl (C=S) groups is 1. The quantitative estimate of drug-likeness (QED) is 0.437. The van der Waals surface area contributed by atoms with Crippen molar-refractivity contribution >= 4 is 40.3 Å². The number of carbonyl (C=O) groups excluding carboxylic acids is 1. The van der Waals surface area contributed by atoms with E-state index in [2.05, 4.69) is 50.0 Å². The standard InChI is InChI=1S/C19H22N4OS2/c1-6-9-21-18(24)16(26-19(21)25)11-15-10-13(4)22(14(15)5)17-7-8-20-23(17)12(2)3/h6-8,10-12H,1,9H2,2-5H3/b16-11-. The molecule has 2 aromatic rings. The van der Waals surface area contributed by atoms with Crippen LogP contribution in [0.15, 0.2) is 35.9 Å². The summed E-state index contributed by atoms with van der Waals surface area (Å²) in [6.45, 7) is 12.5. The van der Waals surface area contributed by atoms with Crippen molar-refractivity contribution in [2.75, 3.05) is 6.54 Å². The molecule has 1 amide bonds. The van der Waals surface area contributed by atoms with Crippen LogP contribution in [0.5, 0.6) is 0 Å².